The first kappa shape index (κ1) is 20.3. The predicted molar refractivity (Wildman–Crippen MR) is 88.8 cm³/mol. The molecule has 0 aliphatic rings. The molecule has 0 unspecified atom stereocenters. The molecule has 0 N–H and O–H groups in total. The molecule has 0 saturated heterocycles. The Morgan fingerprint density at radius 3 is 0.850 bits per heavy atom. The molecular weight excluding hydrogens is 288 g/mol. The smallest absolute Gasteiger partial charge is 0.321 e. The number of hydrogen-bond acceptors (Lipinski definition) is 4. The Kier molecular flexibility index (Phi) is 11.1. The normalized spacial score (nSPS) is 12.9. The lowest BCUT2D eigenvalue weighted by Gasteiger charge is -2.25. The molecule has 20 heavy (non-hydrogen) atoms. The van der Waals surface area contributed by atoms with Crippen LogP contribution in [0.1, 0.15) is 55.4 Å². The highest BCUT2D eigenvalue weighted by molar-refractivity contribution is 6.51. The van der Waals surface area contributed by atoms with Crippen molar-refractivity contribution >= 4 is 18.6 Å². The van der Waals surface area contributed by atoms with Crippen LogP contribution in [0.25, 0.3) is 0 Å². The van der Waals surface area contributed by atoms with Gasteiger partial charge in [-0.3, -0.25) is 0 Å². The first-order valence-electron chi connectivity index (χ1n) is 7.82. The van der Waals surface area contributed by atoms with Gasteiger partial charge in [0.1, 0.15) is 0 Å². The van der Waals surface area contributed by atoms with Crippen LogP contribution in [0.15, 0.2) is 0 Å². The summed E-state index contributed by atoms with van der Waals surface area (Å²) in [5, 5.41) is 0. The van der Waals surface area contributed by atoms with Gasteiger partial charge >= 0.3 is 18.6 Å². The van der Waals surface area contributed by atoms with Crippen molar-refractivity contribution in [3.05, 3.63) is 0 Å². The van der Waals surface area contributed by atoms with Gasteiger partial charge in [-0.15, -0.1) is 0 Å². The van der Waals surface area contributed by atoms with Crippen molar-refractivity contribution in [3.63, 3.8) is 0 Å². The van der Waals surface area contributed by atoms with Crippen LogP contribution < -0.4 is 0 Å². The lowest BCUT2D eigenvalue weighted by atomic mass is 10.5. The molecule has 0 spiro atoms. The van der Waals surface area contributed by atoms with Crippen molar-refractivity contribution in [2.75, 3.05) is 0 Å². The molecule has 0 radical (unpaired) electrons. The van der Waals surface area contributed by atoms with Crippen LogP contribution in [0.4, 0.5) is 0 Å². The highest BCUT2D eigenvalue weighted by Gasteiger charge is 2.23. The third-order valence-electron chi connectivity index (χ3n) is 2.33. The van der Waals surface area contributed by atoms with E-state index < -0.39 is 18.6 Å². The van der Waals surface area contributed by atoms with Crippen molar-refractivity contribution in [3.8, 4) is 0 Å². The second-order valence-electron chi connectivity index (χ2n) is 6.18. The first-order valence-corrected chi connectivity index (χ1v) is 11.3. The number of hydrogen-bond donors (Lipinski definition) is 0. The highest BCUT2D eigenvalue weighted by Crippen LogP contribution is 2.13. The minimum atomic E-state index is -1.62. The second kappa shape index (κ2) is 10.9. The standard InChI is InChI=1S/C14H34O4Si2/c1-11(2)15-19(16-12(3)4)9-10-20(17-13(5)6)18-14(7)8/h11-14,19-20H,9-10H2,1-8H3. The highest BCUT2D eigenvalue weighted by atomic mass is 28.3. The van der Waals surface area contributed by atoms with Gasteiger partial charge in [0.05, 0.1) is 0 Å². The monoisotopic (exact) mass is 322 g/mol. The van der Waals surface area contributed by atoms with E-state index in [1.54, 1.807) is 0 Å². The summed E-state index contributed by atoms with van der Waals surface area (Å²) >= 11 is 0. The van der Waals surface area contributed by atoms with Gasteiger partial charge in [0.15, 0.2) is 0 Å². The summed E-state index contributed by atoms with van der Waals surface area (Å²) in [7, 11) is -3.24. The van der Waals surface area contributed by atoms with E-state index in [4.69, 9.17) is 17.7 Å². The van der Waals surface area contributed by atoms with E-state index in [1.807, 2.05) is 0 Å². The quantitative estimate of drug-likeness (QED) is 0.548. The Morgan fingerprint density at radius 1 is 0.500 bits per heavy atom. The summed E-state index contributed by atoms with van der Waals surface area (Å²) in [6.07, 6.45) is 0.898. The molecule has 0 saturated carbocycles. The molecule has 0 aromatic carbocycles. The summed E-state index contributed by atoms with van der Waals surface area (Å²) in [6, 6.07) is 1.93. The summed E-state index contributed by atoms with van der Waals surface area (Å²) in [5.74, 6) is 0. The van der Waals surface area contributed by atoms with Gasteiger partial charge in [-0.05, 0) is 67.5 Å². The fourth-order valence-corrected chi connectivity index (χ4v) is 7.10. The maximum Gasteiger partial charge on any atom is 0.321 e. The molecule has 0 bridgehead atoms. The van der Waals surface area contributed by atoms with E-state index in [0.717, 1.165) is 12.1 Å². The first-order chi connectivity index (χ1) is 9.20. The molecule has 0 rings (SSSR count). The zero-order valence-electron chi connectivity index (χ0n) is 14.5. The zero-order chi connectivity index (χ0) is 15.7. The van der Waals surface area contributed by atoms with Crippen molar-refractivity contribution in [2.24, 2.45) is 0 Å². The summed E-state index contributed by atoms with van der Waals surface area (Å²) in [4.78, 5) is 0. The lowest BCUT2D eigenvalue weighted by molar-refractivity contribution is 0.121. The van der Waals surface area contributed by atoms with Gasteiger partial charge < -0.3 is 17.7 Å². The minimum Gasteiger partial charge on any atom is -0.394 e. The maximum atomic E-state index is 5.95. The Hall–Kier alpha value is 0.274. The van der Waals surface area contributed by atoms with E-state index in [9.17, 15) is 0 Å². The Morgan fingerprint density at radius 2 is 0.700 bits per heavy atom. The average Bonchev–Trinajstić information content (AvgIpc) is 2.22. The maximum absolute atomic E-state index is 5.95. The molecule has 6 heteroatoms. The molecule has 0 aromatic heterocycles. The lowest BCUT2D eigenvalue weighted by Crippen LogP contribution is -2.34. The fourth-order valence-electron chi connectivity index (χ4n) is 1.82. The van der Waals surface area contributed by atoms with Gasteiger partial charge in [-0.1, -0.05) is 0 Å². The molecule has 4 nitrogen and oxygen atoms in total. The van der Waals surface area contributed by atoms with Gasteiger partial charge in [-0.2, -0.15) is 0 Å². The minimum absolute atomic E-state index is 0.225. The van der Waals surface area contributed by atoms with E-state index in [-0.39, 0.29) is 24.4 Å². The average molecular weight is 323 g/mol. The van der Waals surface area contributed by atoms with Crippen molar-refractivity contribution < 1.29 is 17.7 Å². The molecule has 0 fully saturated rings. The van der Waals surface area contributed by atoms with Gasteiger partial charge in [-0.25, -0.2) is 0 Å². The van der Waals surface area contributed by atoms with Gasteiger partial charge in [0.25, 0.3) is 0 Å². The molecule has 0 atom stereocenters. The summed E-state index contributed by atoms with van der Waals surface area (Å²) < 4.78 is 23.8. The molecule has 0 aliphatic carbocycles. The zero-order valence-corrected chi connectivity index (χ0v) is 16.8. The Bertz CT molecular complexity index is 191. The third-order valence-corrected chi connectivity index (χ3v) is 8.00. The van der Waals surface area contributed by atoms with E-state index in [2.05, 4.69) is 55.4 Å². The van der Waals surface area contributed by atoms with Crippen LogP contribution in [0, 0.1) is 0 Å². The Labute approximate surface area is 128 Å². The molecule has 0 aromatic rings. The van der Waals surface area contributed by atoms with Crippen LogP contribution in [0.3, 0.4) is 0 Å². The molecular formula is C14H34O4Si2. The molecule has 0 aliphatic heterocycles. The van der Waals surface area contributed by atoms with Crippen LogP contribution >= 0.6 is 0 Å². The van der Waals surface area contributed by atoms with Crippen molar-refractivity contribution in [1.29, 1.82) is 0 Å². The third kappa shape index (κ3) is 12.0. The fraction of sp³-hybridized carbons (Fsp3) is 1.00. The van der Waals surface area contributed by atoms with E-state index in [1.165, 1.54) is 0 Å². The number of rotatable bonds is 11. The van der Waals surface area contributed by atoms with Crippen LogP contribution in [-0.2, 0) is 17.7 Å². The van der Waals surface area contributed by atoms with Crippen LogP contribution in [-0.4, -0.2) is 43.0 Å². The molecule has 0 heterocycles. The van der Waals surface area contributed by atoms with Crippen molar-refractivity contribution in [2.45, 2.75) is 91.9 Å². The largest absolute Gasteiger partial charge is 0.394 e. The molecule has 0 amide bonds. The summed E-state index contributed by atoms with van der Waals surface area (Å²) in [5.41, 5.74) is 0. The summed E-state index contributed by atoms with van der Waals surface area (Å²) in [6.45, 7) is 16.5. The SMILES string of the molecule is CC(C)O[SiH](CC[SiH](OC(C)C)OC(C)C)OC(C)C. The van der Waals surface area contributed by atoms with E-state index >= 15 is 0 Å². The van der Waals surface area contributed by atoms with Gasteiger partial charge in [0, 0.05) is 24.4 Å². The van der Waals surface area contributed by atoms with Crippen molar-refractivity contribution in [1.82, 2.24) is 0 Å². The van der Waals surface area contributed by atoms with Crippen LogP contribution in [0.5, 0.6) is 0 Å². The van der Waals surface area contributed by atoms with Gasteiger partial charge in [0.2, 0.25) is 0 Å². The molecule has 122 valence electrons. The predicted octanol–water partition coefficient (Wildman–Crippen LogP) is 3.13. The van der Waals surface area contributed by atoms with Crippen LogP contribution in [0.2, 0.25) is 12.1 Å². The Balaban J connectivity index is 4.35. The van der Waals surface area contributed by atoms with E-state index in [0.29, 0.717) is 0 Å². The topological polar surface area (TPSA) is 36.9 Å². The second-order valence-corrected chi connectivity index (χ2v) is 10.1.